The monoisotopic (exact) mass is 284 g/mol. The molecule has 0 aliphatic heterocycles. The van der Waals surface area contributed by atoms with E-state index in [-0.39, 0.29) is 18.5 Å². The maximum Gasteiger partial charge on any atom is 0.321 e. The summed E-state index contributed by atoms with van der Waals surface area (Å²) in [6.07, 6.45) is 5.35. The molecule has 0 saturated heterocycles. The summed E-state index contributed by atoms with van der Waals surface area (Å²) in [7, 11) is 0. The highest BCUT2D eigenvalue weighted by atomic mass is 16.2. The predicted octanol–water partition coefficient (Wildman–Crippen LogP) is 1.54. The Labute approximate surface area is 122 Å². The molecule has 0 atom stereocenters. The molecule has 6 nitrogen and oxygen atoms in total. The fourth-order valence-corrected chi connectivity index (χ4v) is 1.99. The number of carbonyl (C=O) groups is 2. The summed E-state index contributed by atoms with van der Waals surface area (Å²) in [5.41, 5.74) is 1.79. The number of carbonyl (C=O) groups excluding carboxylic acids is 2. The van der Waals surface area contributed by atoms with E-state index in [4.69, 9.17) is 0 Å². The minimum atomic E-state index is -0.425. The number of hydrogen-bond donors (Lipinski definition) is 2. The average Bonchev–Trinajstić information content (AvgIpc) is 3.15. The Bertz CT molecular complexity index is 647. The van der Waals surface area contributed by atoms with E-state index >= 15 is 0 Å². The van der Waals surface area contributed by atoms with Gasteiger partial charge < -0.3 is 9.88 Å². The molecule has 3 rings (SSSR count). The lowest BCUT2D eigenvalue weighted by atomic mass is 10.2. The van der Waals surface area contributed by atoms with Crippen molar-refractivity contribution in [2.24, 2.45) is 0 Å². The summed E-state index contributed by atoms with van der Waals surface area (Å²) in [6, 6.07) is 9.52. The first-order valence-electron chi connectivity index (χ1n) is 6.88. The molecule has 1 aliphatic rings. The van der Waals surface area contributed by atoms with Gasteiger partial charge in [0.2, 0.25) is 5.91 Å². The molecule has 108 valence electrons. The number of amides is 3. The van der Waals surface area contributed by atoms with Crippen molar-refractivity contribution >= 4 is 11.9 Å². The van der Waals surface area contributed by atoms with E-state index in [0.29, 0.717) is 0 Å². The molecule has 3 amide bonds. The number of imide groups is 1. The standard InChI is InChI=1S/C15H16N4O2/c20-14(18-15(21)17-12-6-7-12)9-19-8-13(16-10-19)11-4-2-1-3-5-11/h1-5,8,10,12H,6-7,9H2,(H2,17,18,20,21). The molecule has 0 bridgehead atoms. The van der Waals surface area contributed by atoms with Crippen LogP contribution in [0.4, 0.5) is 4.79 Å². The molecule has 1 heterocycles. The van der Waals surface area contributed by atoms with Gasteiger partial charge in [-0.3, -0.25) is 10.1 Å². The predicted molar refractivity (Wildman–Crippen MR) is 77.4 cm³/mol. The van der Waals surface area contributed by atoms with Crippen molar-refractivity contribution < 1.29 is 9.59 Å². The van der Waals surface area contributed by atoms with Crippen LogP contribution in [0.5, 0.6) is 0 Å². The van der Waals surface area contributed by atoms with Crippen LogP contribution in [0.3, 0.4) is 0 Å². The summed E-state index contributed by atoms with van der Waals surface area (Å²) in [5.74, 6) is -0.356. The van der Waals surface area contributed by atoms with Crippen LogP contribution in [-0.4, -0.2) is 27.5 Å². The van der Waals surface area contributed by atoms with E-state index < -0.39 is 6.03 Å². The number of benzene rings is 1. The zero-order valence-corrected chi connectivity index (χ0v) is 11.5. The van der Waals surface area contributed by atoms with E-state index in [2.05, 4.69) is 15.6 Å². The van der Waals surface area contributed by atoms with Gasteiger partial charge in [0.25, 0.3) is 0 Å². The number of urea groups is 1. The van der Waals surface area contributed by atoms with Crippen LogP contribution in [0.1, 0.15) is 12.8 Å². The Morgan fingerprint density at radius 1 is 1.24 bits per heavy atom. The average molecular weight is 284 g/mol. The fourth-order valence-electron chi connectivity index (χ4n) is 1.99. The summed E-state index contributed by atoms with van der Waals surface area (Å²) in [6.45, 7) is 0.0674. The van der Waals surface area contributed by atoms with Crippen LogP contribution >= 0.6 is 0 Å². The van der Waals surface area contributed by atoms with Gasteiger partial charge in [-0.1, -0.05) is 30.3 Å². The first-order valence-corrected chi connectivity index (χ1v) is 6.88. The third kappa shape index (κ3) is 3.68. The fraction of sp³-hybridized carbons (Fsp3) is 0.267. The van der Waals surface area contributed by atoms with Gasteiger partial charge in [0.05, 0.1) is 12.0 Å². The number of nitrogens with one attached hydrogen (secondary N) is 2. The van der Waals surface area contributed by atoms with Crippen LogP contribution in [0, 0.1) is 0 Å². The highest BCUT2D eigenvalue weighted by Gasteiger charge is 2.23. The Morgan fingerprint density at radius 3 is 2.71 bits per heavy atom. The molecule has 1 aromatic heterocycles. The zero-order valence-electron chi connectivity index (χ0n) is 11.5. The molecule has 0 radical (unpaired) electrons. The van der Waals surface area contributed by atoms with E-state index in [9.17, 15) is 9.59 Å². The van der Waals surface area contributed by atoms with Crippen LogP contribution in [0.25, 0.3) is 11.3 Å². The number of nitrogens with zero attached hydrogens (tertiary/aromatic N) is 2. The van der Waals surface area contributed by atoms with Crippen LogP contribution < -0.4 is 10.6 Å². The second kappa shape index (κ2) is 5.78. The van der Waals surface area contributed by atoms with Crippen molar-refractivity contribution in [3.05, 3.63) is 42.9 Å². The third-order valence-corrected chi connectivity index (χ3v) is 3.19. The normalized spacial score (nSPS) is 13.7. The molecular weight excluding hydrogens is 268 g/mol. The summed E-state index contributed by atoms with van der Waals surface area (Å²) in [4.78, 5) is 27.5. The van der Waals surface area contributed by atoms with Gasteiger partial charge in [-0.15, -0.1) is 0 Å². The molecule has 1 aromatic carbocycles. The molecule has 1 saturated carbocycles. The first kappa shape index (κ1) is 13.4. The topological polar surface area (TPSA) is 76.0 Å². The largest absolute Gasteiger partial charge is 0.335 e. The maximum atomic E-state index is 11.7. The Balaban J connectivity index is 1.56. The minimum absolute atomic E-state index is 0.0674. The van der Waals surface area contributed by atoms with Gasteiger partial charge in [0.1, 0.15) is 6.54 Å². The second-order valence-corrected chi connectivity index (χ2v) is 5.09. The van der Waals surface area contributed by atoms with Gasteiger partial charge >= 0.3 is 6.03 Å². The van der Waals surface area contributed by atoms with Crippen molar-refractivity contribution in [3.63, 3.8) is 0 Å². The van der Waals surface area contributed by atoms with Crippen molar-refractivity contribution in [3.8, 4) is 11.3 Å². The van der Waals surface area contributed by atoms with Crippen molar-refractivity contribution in [1.29, 1.82) is 0 Å². The quantitative estimate of drug-likeness (QED) is 0.894. The molecular formula is C15H16N4O2. The Morgan fingerprint density at radius 2 is 2.00 bits per heavy atom. The highest BCUT2D eigenvalue weighted by molar-refractivity contribution is 5.94. The second-order valence-electron chi connectivity index (χ2n) is 5.09. The van der Waals surface area contributed by atoms with Crippen molar-refractivity contribution in [1.82, 2.24) is 20.2 Å². The number of imidazole rings is 1. The molecule has 6 heteroatoms. The lowest BCUT2D eigenvalue weighted by Crippen LogP contribution is -2.41. The SMILES string of the molecule is O=C(Cn1cnc(-c2ccccc2)c1)NC(=O)NC1CC1. The first-order chi connectivity index (χ1) is 10.2. The molecule has 1 aliphatic carbocycles. The molecule has 21 heavy (non-hydrogen) atoms. The molecule has 0 unspecified atom stereocenters. The number of aromatic nitrogens is 2. The van der Waals surface area contributed by atoms with Crippen molar-refractivity contribution in [2.75, 3.05) is 0 Å². The van der Waals surface area contributed by atoms with E-state index in [1.807, 2.05) is 30.3 Å². The Hall–Kier alpha value is -2.63. The third-order valence-electron chi connectivity index (χ3n) is 3.19. The smallest absolute Gasteiger partial charge is 0.321 e. The number of hydrogen-bond acceptors (Lipinski definition) is 3. The molecule has 2 N–H and O–H groups in total. The minimum Gasteiger partial charge on any atom is -0.335 e. The maximum absolute atomic E-state index is 11.7. The van der Waals surface area contributed by atoms with E-state index in [0.717, 1.165) is 24.1 Å². The summed E-state index contributed by atoms with van der Waals surface area (Å²) < 4.78 is 1.65. The number of rotatable bonds is 4. The summed E-state index contributed by atoms with van der Waals surface area (Å²) in [5, 5.41) is 5.02. The zero-order chi connectivity index (χ0) is 14.7. The van der Waals surface area contributed by atoms with Gasteiger partial charge in [-0.05, 0) is 12.8 Å². The van der Waals surface area contributed by atoms with Crippen LogP contribution in [0.15, 0.2) is 42.9 Å². The molecule has 0 spiro atoms. The van der Waals surface area contributed by atoms with E-state index in [1.54, 1.807) is 17.1 Å². The lowest BCUT2D eigenvalue weighted by molar-refractivity contribution is -0.120. The van der Waals surface area contributed by atoms with Gasteiger partial charge in [-0.25, -0.2) is 9.78 Å². The van der Waals surface area contributed by atoms with Gasteiger partial charge in [-0.2, -0.15) is 0 Å². The van der Waals surface area contributed by atoms with Crippen LogP contribution in [0.2, 0.25) is 0 Å². The van der Waals surface area contributed by atoms with Gasteiger partial charge in [0, 0.05) is 17.8 Å². The summed E-state index contributed by atoms with van der Waals surface area (Å²) >= 11 is 0. The molecule has 2 aromatic rings. The van der Waals surface area contributed by atoms with Crippen LogP contribution in [-0.2, 0) is 11.3 Å². The lowest BCUT2D eigenvalue weighted by Gasteiger charge is -2.05. The van der Waals surface area contributed by atoms with Crippen molar-refractivity contribution in [2.45, 2.75) is 25.4 Å². The molecule has 1 fully saturated rings. The van der Waals surface area contributed by atoms with Gasteiger partial charge in [0.15, 0.2) is 0 Å². The Kier molecular flexibility index (Phi) is 3.68. The highest BCUT2D eigenvalue weighted by Crippen LogP contribution is 2.18. The van der Waals surface area contributed by atoms with E-state index in [1.165, 1.54) is 0 Å².